The van der Waals surface area contributed by atoms with E-state index in [-0.39, 0.29) is 12.0 Å². The number of rotatable bonds is 6. The van der Waals surface area contributed by atoms with Crippen LogP contribution in [0.1, 0.15) is 31.2 Å². The van der Waals surface area contributed by atoms with Crippen molar-refractivity contribution >= 4 is 5.91 Å². The van der Waals surface area contributed by atoms with E-state index in [9.17, 15) is 9.90 Å². The average molecular weight is 345 g/mol. The van der Waals surface area contributed by atoms with Gasteiger partial charge in [0, 0.05) is 39.3 Å². The SMILES string of the molecule is O=C(CN1CCN(Cc2ccccc2)CC1)NCC1CCCC(O)C1. The Bertz CT molecular complexity index is 529. The number of carbonyl (C=O) groups is 1. The van der Waals surface area contributed by atoms with Gasteiger partial charge in [-0.2, -0.15) is 0 Å². The lowest BCUT2D eigenvalue weighted by atomic mass is 9.87. The average Bonchev–Trinajstić information content (AvgIpc) is 2.63. The monoisotopic (exact) mass is 345 g/mol. The molecule has 2 N–H and O–H groups in total. The maximum absolute atomic E-state index is 12.2. The van der Waals surface area contributed by atoms with Crippen LogP contribution < -0.4 is 5.32 Å². The summed E-state index contributed by atoms with van der Waals surface area (Å²) in [4.78, 5) is 16.9. The first-order valence-corrected chi connectivity index (χ1v) is 9.62. The molecule has 3 rings (SSSR count). The summed E-state index contributed by atoms with van der Waals surface area (Å²) in [5.41, 5.74) is 1.35. The van der Waals surface area contributed by atoms with Gasteiger partial charge < -0.3 is 10.4 Å². The van der Waals surface area contributed by atoms with Crippen LogP contribution in [0.25, 0.3) is 0 Å². The van der Waals surface area contributed by atoms with Gasteiger partial charge in [0.05, 0.1) is 12.6 Å². The number of piperazine rings is 1. The molecule has 0 spiro atoms. The van der Waals surface area contributed by atoms with Gasteiger partial charge in [0.1, 0.15) is 0 Å². The second kappa shape index (κ2) is 9.32. The lowest BCUT2D eigenvalue weighted by molar-refractivity contribution is -0.123. The Morgan fingerprint density at radius 1 is 1.08 bits per heavy atom. The molecule has 25 heavy (non-hydrogen) atoms. The van der Waals surface area contributed by atoms with Crippen molar-refractivity contribution < 1.29 is 9.90 Å². The predicted molar refractivity (Wildman–Crippen MR) is 99.1 cm³/mol. The Kier molecular flexibility index (Phi) is 6.84. The minimum atomic E-state index is -0.173. The third-order valence-corrected chi connectivity index (χ3v) is 5.42. The van der Waals surface area contributed by atoms with Gasteiger partial charge in [0.2, 0.25) is 5.91 Å². The van der Waals surface area contributed by atoms with Crippen molar-refractivity contribution in [3.63, 3.8) is 0 Å². The van der Waals surface area contributed by atoms with Gasteiger partial charge in [0.25, 0.3) is 0 Å². The first kappa shape index (κ1) is 18.4. The molecule has 0 bridgehead atoms. The highest BCUT2D eigenvalue weighted by Crippen LogP contribution is 2.23. The number of amides is 1. The first-order valence-electron chi connectivity index (χ1n) is 9.62. The summed E-state index contributed by atoms with van der Waals surface area (Å²) in [6, 6.07) is 10.6. The van der Waals surface area contributed by atoms with Crippen molar-refractivity contribution in [3.05, 3.63) is 35.9 Å². The van der Waals surface area contributed by atoms with Crippen LogP contribution in [0.15, 0.2) is 30.3 Å². The molecule has 0 radical (unpaired) electrons. The summed E-state index contributed by atoms with van der Waals surface area (Å²) in [6.45, 7) is 6.11. The Morgan fingerprint density at radius 3 is 2.52 bits per heavy atom. The van der Waals surface area contributed by atoms with Gasteiger partial charge in [-0.25, -0.2) is 0 Å². The summed E-state index contributed by atoms with van der Waals surface area (Å²) in [5.74, 6) is 0.562. The van der Waals surface area contributed by atoms with Crippen LogP contribution in [0.5, 0.6) is 0 Å². The van der Waals surface area contributed by atoms with Gasteiger partial charge in [-0.05, 0) is 30.7 Å². The molecule has 138 valence electrons. The number of nitrogens with one attached hydrogen (secondary N) is 1. The molecule has 2 aliphatic rings. The normalized spacial score (nSPS) is 25.6. The molecule has 1 aromatic rings. The van der Waals surface area contributed by atoms with Crippen molar-refractivity contribution in [2.75, 3.05) is 39.3 Å². The zero-order chi connectivity index (χ0) is 17.5. The number of hydrogen-bond donors (Lipinski definition) is 2. The summed E-state index contributed by atoms with van der Waals surface area (Å²) >= 11 is 0. The van der Waals surface area contributed by atoms with E-state index in [0.717, 1.165) is 58.4 Å². The molecule has 2 fully saturated rings. The van der Waals surface area contributed by atoms with Crippen molar-refractivity contribution in [1.29, 1.82) is 0 Å². The minimum absolute atomic E-state index is 0.122. The molecule has 1 aromatic carbocycles. The highest BCUT2D eigenvalue weighted by atomic mass is 16.3. The van der Waals surface area contributed by atoms with E-state index in [1.165, 1.54) is 5.56 Å². The van der Waals surface area contributed by atoms with E-state index in [1.54, 1.807) is 0 Å². The number of benzene rings is 1. The van der Waals surface area contributed by atoms with E-state index in [4.69, 9.17) is 0 Å². The third kappa shape index (κ3) is 6.10. The molecule has 1 amide bonds. The smallest absolute Gasteiger partial charge is 0.234 e. The van der Waals surface area contributed by atoms with Gasteiger partial charge >= 0.3 is 0 Å². The van der Waals surface area contributed by atoms with Crippen molar-refractivity contribution in [2.24, 2.45) is 5.92 Å². The van der Waals surface area contributed by atoms with E-state index in [0.29, 0.717) is 19.0 Å². The quantitative estimate of drug-likeness (QED) is 0.820. The molecule has 0 aromatic heterocycles. The van der Waals surface area contributed by atoms with E-state index < -0.39 is 0 Å². The van der Waals surface area contributed by atoms with Gasteiger partial charge in [-0.1, -0.05) is 36.8 Å². The largest absolute Gasteiger partial charge is 0.393 e. The molecule has 1 saturated carbocycles. The van der Waals surface area contributed by atoms with E-state index >= 15 is 0 Å². The summed E-state index contributed by atoms with van der Waals surface area (Å²) < 4.78 is 0. The standard InChI is InChI=1S/C20H31N3O2/c24-19-8-4-7-18(13-19)14-21-20(25)16-23-11-9-22(10-12-23)15-17-5-2-1-3-6-17/h1-3,5-6,18-19,24H,4,7-16H2,(H,21,25). The van der Waals surface area contributed by atoms with Gasteiger partial charge in [0.15, 0.2) is 0 Å². The van der Waals surface area contributed by atoms with Crippen LogP contribution in [0.4, 0.5) is 0 Å². The van der Waals surface area contributed by atoms with Crippen LogP contribution in [0.2, 0.25) is 0 Å². The maximum atomic E-state index is 12.2. The fourth-order valence-electron chi connectivity index (χ4n) is 3.91. The number of hydrogen-bond acceptors (Lipinski definition) is 4. The highest BCUT2D eigenvalue weighted by molar-refractivity contribution is 5.78. The molecule has 5 heteroatoms. The second-order valence-corrected chi connectivity index (χ2v) is 7.53. The summed E-state index contributed by atoms with van der Waals surface area (Å²) in [5, 5.41) is 12.8. The maximum Gasteiger partial charge on any atom is 0.234 e. The molecule has 1 saturated heterocycles. The Hall–Kier alpha value is -1.43. The molecule has 1 aliphatic carbocycles. The van der Waals surface area contributed by atoms with E-state index in [1.807, 2.05) is 6.07 Å². The fraction of sp³-hybridized carbons (Fsp3) is 0.650. The van der Waals surface area contributed by atoms with Crippen molar-refractivity contribution in [1.82, 2.24) is 15.1 Å². The fourth-order valence-corrected chi connectivity index (χ4v) is 3.91. The molecule has 2 unspecified atom stereocenters. The van der Waals surface area contributed by atoms with Crippen LogP contribution in [-0.2, 0) is 11.3 Å². The summed E-state index contributed by atoms with van der Waals surface area (Å²) in [7, 11) is 0. The minimum Gasteiger partial charge on any atom is -0.393 e. The second-order valence-electron chi connectivity index (χ2n) is 7.53. The topological polar surface area (TPSA) is 55.8 Å². The van der Waals surface area contributed by atoms with Gasteiger partial charge in [-0.3, -0.25) is 14.6 Å². The number of nitrogens with zero attached hydrogens (tertiary/aromatic N) is 2. The molecule has 1 aliphatic heterocycles. The molecular weight excluding hydrogens is 314 g/mol. The lowest BCUT2D eigenvalue weighted by Crippen LogP contribution is -2.49. The first-order chi connectivity index (χ1) is 12.2. The van der Waals surface area contributed by atoms with Crippen LogP contribution in [0.3, 0.4) is 0 Å². The molecule has 1 heterocycles. The molecule has 2 atom stereocenters. The van der Waals surface area contributed by atoms with Crippen molar-refractivity contribution in [2.45, 2.75) is 38.3 Å². The van der Waals surface area contributed by atoms with Crippen LogP contribution >= 0.6 is 0 Å². The predicted octanol–water partition coefficient (Wildman–Crippen LogP) is 1.47. The van der Waals surface area contributed by atoms with Crippen LogP contribution in [-0.4, -0.2) is 66.2 Å². The zero-order valence-corrected chi connectivity index (χ0v) is 15.1. The van der Waals surface area contributed by atoms with Crippen LogP contribution in [0, 0.1) is 5.92 Å². The Balaban J connectivity index is 1.32. The Labute approximate surface area is 151 Å². The number of aliphatic hydroxyl groups excluding tert-OH is 1. The van der Waals surface area contributed by atoms with Gasteiger partial charge in [-0.15, -0.1) is 0 Å². The summed E-state index contributed by atoms with van der Waals surface area (Å²) in [6.07, 6.45) is 3.77. The Morgan fingerprint density at radius 2 is 1.80 bits per heavy atom. The molecule has 5 nitrogen and oxygen atoms in total. The lowest BCUT2D eigenvalue weighted by Gasteiger charge is -2.34. The number of aliphatic hydroxyl groups is 1. The third-order valence-electron chi connectivity index (χ3n) is 5.42. The zero-order valence-electron chi connectivity index (χ0n) is 15.1. The number of carbonyl (C=O) groups excluding carboxylic acids is 1. The molecular formula is C20H31N3O2. The van der Waals surface area contributed by atoms with E-state index in [2.05, 4.69) is 39.4 Å². The van der Waals surface area contributed by atoms with Crippen molar-refractivity contribution in [3.8, 4) is 0 Å². The highest BCUT2D eigenvalue weighted by Gasteiger charge is 2.22.